The van der Waals surface area contributed by atoms with Crippen molar-refractivity contribution in [2.24, 2.45) is 0 Å². The summed E-state index contributed by atoms with van der Waals surface area (Å²) in [6.45, 7) is 0. The molecule has 9 rings (SSSR count). The van der Waals surface area contributed by atoms with Crippen LogP contribution in [0.3, 0.4) is 0 Å². The van der Waals surface area contributed by atoms with Crippen molar-refractivity contribution in [1.29, 1.82) is 0 Å². The van der Waals surface area contributed by atoms with E-state index in [2.05, 4.69) is 168 Å². The Hall–Kier alpha value is -5.66. The number of benzene rings is 8. The Bertz CT molecular complexity index is 2370. The summed E-state index contributed by atoms with van der Waals surface area (Å²) in [4.78, 5) is 0. The Labute approximate surface area is 249 Å². The highest BCUT2D eigenvalue weighted by molar-refractivity contribution is 6.13. The molecular weight excluding hydrogens is 518 g/mol. The van der Waals surface area contributed by atoms with E-state index in [1.54, 1.807) is 0 Å². The standard InChI is InChI=1S/C42H27N/c1-3-11-31-24-33(18-16-28(31)8-1)35-20-22-41-38(26-35)39-27-36(34-19-17-29-9-2-4-12-32(29)25-34)21-23-42(39)43(41)40-15-7-13-30-10-5-6-14-37(30)40/h1-27H. The van der Waals surface area contributed by atoms with Crippen LogP contribution in [0.5, 0.6) is 0 Å². The van der Waals surface area contributed by atoms with Crippen LogP contribution in [0, 0.1) is 0 Å². The van der Waals surface area contributed by atoms with E-state index in [0.29, 0.717) is 0 Å². The van der Waals surface area contributed by atoms with E-state index < -0.39 is 0 Å². The first-order valence-corrected chi connectivity index (χ1v) is 14.8. The van der Waals surface area contributed by atoms with Gasteiger partial charge in [0.2, 0.25) is 0 Å². The van der Waals surface area contributed by atoms with Crippen LogP contribution in [0.4, 0.5) is 0 Å². The summed E-state index contributed by atoms with van der Waals surface area (Å²) in [7, 11) is 0. The fourth-order valence-corrected chi connectivity index (χ4v) is 6.78. The average Bonchev–Trinajstić information content (AvgIpc) is 3.40. The second-order valence-electron chi connectivity index (χ2n) is 11.4. The van der Waals surface area contributed by atoms with Gasteiger partial charge >= 0.3 is 0 Å². The normalized spacial score (nSPS) is 11.7. The van der Waals surface area contributed by atoms with Crippen LogP contribution in [0.15, 0.2) is 164 Å². The first kappa shape index (κ1) is 24.0. The maximum absolute atomic E-state index is 2.45. The predicted molar refractivity (Wildman–Crippen MR) is 184 cm³/mol. The van der Waals surface area contributed by atoms with Crippen LogP contribution in [-0.4, -0.2) is 4.57 Å². The topological polar surface area (TPSA) is 4.93 Å². The third-order valence-electron chi connectivity index (χ3n) is 8.94. The second-order valence-corrected chi connectivity index (χ2v) is 11.4. The average molecular weight is 546 g/mol. The van der Waals surface area contributed by atoms with Crippen molar-refractivity contribution < 1.29 is 0 Å². The zero-order chi connectivity index (χ0) is 28.3. The van der Waals surface area contributed by atoms with E-state index in [1.807, 2.05) is 0 Å². The second kappa shape index (κ2) is 9.44. The molecule has 0 unspecified atom stereocenters. The Morgan fingerprint density at radius 2 is 0.721 bits per heavy atom. The van der Waals surface area contributed by atoms with Crippen LogP contribution in [0.1, 0.15) is 0 Å². The molecule has 43 heavy (non-hydrogen) atoms. The van der Waals surface area contributed by atoms with Gasteiger partial charge in [-0.3, -0.25) is 0 Å². The van der Waals surface area contributed by atoms with Gasteiger partial charge in [0, 0.05) is 16.2 Å². The molecule has 1 aromatic heterocycles. The quantitative estimate of drug-likeness (QED) is 0.208. The van der Waals surface area contributed by atoms with Gasteiger partial charge in [0.1, 0.15) is 0 Å². The Balaban J connectivity index is 1.32. The molecule has 9 aromatic rings. The highest BCUT2D eigenvalue weighted by Crippen LogP contribution is 2.39. The highest BCUT2D eigenvalue weighted by Gasteiger charge is 2.16. The number of nitrogens with zero attached hydrogens (tertiary/aromatic N) is 1. The van der Waals surface area contributed by atoms with E-state index in [-0.39, 0.29) is 0 Å². The molecule has 0 aliphatic heterocycles. The monoisotopic (exact) mass is 545 g/mol. The van der Waals surface area contributed by atoms with E-state index in [1.165, 1.54) is 82.1 Å². The first-order valence-electron chi connectivity index (χ1n) is 14.8. The lowest BCUT2D eigenvalue weighted by Gasteiger charge is -2.12. The summed E-state index contributed by atoms with van der Waals surface area (Å²) in [5.74, 6) is 0. The van der Waals surface area contributed by atoms with Crippen molar-refractivity contribution in [2.75, 3.05) is 0 Å². The molecule has 0 saturated heterocycles. The molecule has 8 aromatic carbocycles. The van der Waals surface area contributed by atoms with Gasteiger partial charge in [-0.1, -0.05) is 121 Å². The molecular formula is C42H27N. The Kier molecular flexibility index (Phi) is 5.27. The fourth-order valence-electron chi connectivity index (χ4n) is 6.78. The minimum atomic E-state index is 1.20. The van der Waals surface area contributed by atoms with Crippen molar-refractivity contribution >= 4 is 54.1 Å². The molecule has 0 atom stereocenters. The lowest BCUT2D eigenvalue weighted by Crippen LogP contribution is -1.95. The molecule has 1 heteroatoms. The number of hydrogen-bond acceptors (Lipinski definition) is 0. The van der Waals surface area contributed by atoms with Gasteiger partial charge in [0.25, 0.3) is 0 Å². The van der Waals surface area contributed by atoms with Gasteiger partial charge in [0.15, 0.2) is 0 Å². The number of rotatable bonds is 3. The smallest absolute Gasteiger partial charge is 0.0541 e. The third kappa shape index (κ3) is 3.86. The molecule has 1 nitrogen and oxygen atoms in total. The predicted octanol–water partition coefficient (Wildman–Crippen LogP) is 11.6. The lowest BCUT2D eigenvalue weighted by molar-refractivity contribution is 1.20. The third-order valence-corrected chi connectivity index (χ3v) is 8.94. The molecule has 0 fully saturated rings. The fraction of sp³-hybridized carbons (Fsp3) is 0. The van der Waals surface area contributed by atoms with E-state index in [4.69, 9.17) is 0 Å². The zero-order valence-corrected chi connectivity index (χ0v) is 23.5. The van der Waals surface area contributed by atoms with Crippen molar-refractivity contribution in [3.8, 4) is 27.9 Å². The molecule has 0 aliphatic carbocycles. The van der Waals surface area contributed by atoms with Crippen LogP contribution in [0.25, 0.3) is 82.1 Å². The Morgan fingerprint density at radius 1 is 0.279 bits per heavy atom. The van der Waals surface area contributed by atoms with Crippen LogP contribution in [-0.2, 0) is 0 Å². The van der Waals surface area contributed by atoms with Gasteiger partial charge in [0.05, 0.1) is 16.7 Å². The van der Waals surface area contributed by atoms with Gasteiger partial charge in [-0.15, -0.1) is 0 Å². The highest BCUT2D eigenvalue weighted by atomic mass is 15.0. The van der Waals surface area contributed by atoms with Gasteiger partial charge in [-0.2, -0.15) is 0 Å². The zero-order valence-electron chi connectivity index (χ0n) is 23.5. The summed E-state index contributed by atoms with van der Waals surface area (Å²) < 4.78 is 2.45. The summed E-state index contributed by atoms with van der Waals surface area (Å²) in [6, 6.07) is 59.9. The summed E-state index contributed by atoms with van der Waals surface area (Å²) in [5.41, 5.74) is 8.56. The largest absolute Gasteiger partial charge is 0.309 e. The SMILES string of the molecule is c1ccc2cc(-c3ccc4c(c3)c3cc(-c5ccc6ccccc6c5)ccc3n4-c3cccc4ccccc34)ccc2c1. The minimum absolute atomic E-state index is 1.20. The van der Waals surface area contributed by atoms with Crippen molar-refractivity contribution in [1.82, 2.24) is 4.57 Å². The summed E-state index contributed by atoms with van der Waals surface area (Å²) in [5, 5.41) is 10.1. The molecule has 0 spiro atoms. The maximum Gasteiger partial charge on any atom is 0.0541 e. The molecule has 0 radical (unpaired) electrons. The van der Waals surface area contributed by atoms with Crippen molar-refractivity contribution in [3.05, 3.63) is 164 Å². The Morgan fingerprint density at radius 3 is 1.30 bits per heavy atom. The number of hydrogen-bond donors (Lipinski definition) is 0. The number of aromatic nitrogens is 1. The molecule has 0 aliphatic rings. The molecule has 1 heterocycles. The van der Waals surface area contributed by atoms with Crippen molar-refractivity contribution in [2.45, 2.75) is 0 Å². The van der Waals surface area contributed by atoms with Crippen molar-refractivity contribution in [3.63, 3.8) is 0 Å². The van der Waals surface area contributed by atoms with Crippen LogP contribution >= 0.6 is 0 Å². The van der Waals surface area contributed by atoms with E-state index >= 15 is 0 Å². The molecule has 0 amide bonds. The molecule has 0 bridgehead atoms. The minimum Gasteiger partial charge on any atom is -0.309 e. The van der Waals surface area contributed by atoms with Gasteiger partial charge in [-0.05, 0) is 91.6 Å². The number of fused-ring (bicyclic) bond motifs is 6. The first-order chi connectivity index (χ1) is 21.3. The summed E-state index contributed by atoms with van der Waals surface area (Å²) in [6.07, 6.45) is 0. The molecule has 0 N–H and O–H groups in total. The van der Waals surface area contributed by atoms with Gasteiger partial charge < -0.3 is 4.57 Å². The van der Waals surface area contributed by atoms with Crippen LogP contribution < -0.4 is 0 Å². The maximum atomic E-state index is 2.45. The van der Waals surface area contributed by atoms with E-state index in [9.17, 15) is 0 Å². The van der Waals surface area contributed by atoms with Gasteiger partial charge in [-0.25, -0.2) is 0 Å². The van der Waals surface area contributed by atoms with E-state index in [0.717, 1.165) is 0 Å². The van der Waals surface area contributed by atoms with Crippen LogP contribution in [0.2, 0.25) is 0 Å². The molecule has 0 saturated carbocycles. The lowest BCUT2D eigenvalue weighted by atomic mass is 9.98. The summed E-state index contributed by atoms with van der Waals surface area (Å²) >= 11 is 0. The molecule has 200 valence electrons.